The lowest BCUT2D eigenvalue weighted by molar-refractivity contribution is 0.0844. The van der Waals surface area contributed by atoms with E-state index in [1.807, 2.05) is 10.9 Å². The molecule has 2 amide bonds. The van der Waals surface area contributed by atoms with Crippen LogP contribution in [0, 0.1) is 5.82 Å². The monoisotopic (exact) mass is 371 g/mol. The quantitative estimate of drug-likeness (QED) is 0.702. The fourth-order valence-electron chi connectivity index (χ4n) is 1.76. The Kier molecular flexibility index (Phi) is 5.17. The third kappa shape index (κ3) is 4.07. The van der Waals surface area contributed by atoms with Crippen LogP contribution in [0.25, 0.3) is 0 Å². The van der Waals surface area contributed by atoms with Gasteiger partial charge in [-0.15, -0.1) is 0 Å². The Hall–Kier alpha value is -2.49. The van der Waals surface area contributed by atoms with E-state index in [0.29, 0.717) is 0 Å². The van der Waals surface area contributed by atoms with E-state index >= 15 is 0 Å². The number of hydrogen-bond donors (Lipinski definition) is 3. The summed E-state index contributed by atoms with van der Waals surface area (Å²) in [6.45, 7) is 0. The van der Waals surface area contributed by atoms with Gasteiger partial charge in [-0.3, -0.25) is 20.4 Å². The van der Waals surface area contributed by atoms with Crippen molar-refractivity contribution in [2.75, 3.05) is 0 Å². The van der Waals surface area contributed by atoms with Crippen LogP contribution in [-0.4, -0.2) is 20.2 Å². The number of hydrazine groups is 1. The van der Waals surface area contributed by atoms with Crippen LogP contribution in [0.1, 0.15) is 20.7 Å². The number of halogens is 2. The van der Waals surface area contributed by atoms with Gasteiger partial charge in [0.25, 0.3) is 11.8 Å². The van der Waals surface area contributed by atoms with Gasteiger partial charge in [0.1, 0.15) is 10.7 Å². The summed E-state index contributed by atoms with van der Waals surface area (Å²) in [5.74, 6) is -2.46. The molecule has 24 heavy (non-hydrogen) atoms. The molecule has 2 rings (SSSR count). The molecule has 0 fully saturated rings. The van der Waals surface area contributed by atoms with Crippen molar-refractivity contribution in [2.45, 2.75) is 4.90 Å². The third-order valence-electron chi connectivity index (χ3n) is 2.91. The van der Waals surface area contributed by atoms with E-state index in [1.165, 1.54) is 30.3 Å². The SMILES string of the molecule is NS(=O)(=O)c1cc(C(=O)NNC(=O)c2ccccc2F)ccc1Cl. The van der Waals surface area contributed by atoms with Crippen molar-refractivity contribution in [1.82, 2.24) is 10.9 Å². The molecule has 0 bridgehead atoms. The van der Waals surface area contributed by atoms with Gasteiger partial charge in [-0.05, 0) is 30.3 Å². The number of amides is 2. The Labute approximate surface area is 141 Å². The Morgan fingerprint density at radius 2 is 1.67 bits per heavy atom. The van der Waals surface area contributed by atoms with Crippen LogP contribution in [0.5, 0.6) is 0 Å². The highest BCUT2D eigenvalue weighted by Gasteiger charge is 2.17. The van der Waals surface area contributed by atoms with Crippen LogP contribution in [0.15, 0.2) is 47.4 Å². The first kappa shape index (κ1) is 17.9. The van der Waals surface area contributed by atoms with Crippen LogP contribution in [0.4, 0.5) is 4.39 Å². The van der Waals surface area contributed by atoms with E-state index in [1.54, 1.807) is 0 Å². The van der Waals surface area contributed by atoms with E-state index in [9.17, 15) is 22.4 Å². The first-order valence-electron chi connectivity index (χ1n) is 6.37. The minimum absolute atomic E-state index is 0.114. The van der Waals surface area contributed by atoms with Gasteiger partial charge in [0.05, 0.1) is 10.6 Å². The zero-order chi connectivity index (χ0) is 17.9. The molecule has 0 aliphatic heterocycles. The second-order valence-corrected chi connectivity index (χ2v) is 6.52. The molecule has 0 radical (unpaired) electrons. The molecule has 4 N–H and O–H groups in total. The maximum Gasteiger partial charge on any atom is 0.272 e. The van der Waals surface area contributed by atoms with Crippen molar-refractivity contribution >= 4 is 33.4 Å². The molecular formula is C14H11ClFN3O4S. The Morgan fingerprint density at radius 1 is 1.04 bits per heavy atom. The van der Waals surface area contributed by atoms with Crippen molar-refractivity contribution in [3.05, 3.63) is 64.4 Å². The van der Waals surface area contributed by atoms with Crippen molar-refractivity contribution in [3.8, 4) is 0 Å². The number of rotatable bonds is 3. The average molecular weight is 372 g/mol. The van der Waals surface area contributed by atoms with E-state index in [4.69, 9.17) is 16.7 Å². The third-order valence-corrected chi connectivity index (χ3v) is 4.30. The Morgan fingerprint density at radius 3 is 2.29 bits per heavy atom. The lowest BCUT2D eigenvalue weighted by Gasteiger charge is -2.09. The minimum atomic E-state index is -4.12. The molecular weight excluding hydrogens is 361 g/mol. The molecule has 10 heteroatoms. The second kappa shape index (κ2) is 6.95. The molecule has 0 unspecified atom stereocenters. The number of sulfonamides is 1. The fourth-order valence-corrected chi connectivity index (χ4v) is 2.83. The van der Waals surface area contributed by atoms with E-state index in [2.05, 4.69) is 0 Å². The lowest BCUT2D eigenvalue weighted by Crippen LogP contribution is -2.42. The van der Waals surface area contributed by atoms with Crippen LogP contribution in [0.2, 0.25) is 5.02 Å². The van der Waals surface area contributed by atoms with Gasteiger partial charge in [-0.1, -0.05) is 23.7 Å². The number of carbonyl (C=O) groups excluding carboxylic acids is 2. The molecule has 2 aromatic rings. The van der Waals surface area contributed by atoms with E-state index < -0.39 is 32.6 Å². The average Bonchev–Trinajstić information content (AvgIpc) is 2.52. The summed E-state index contributed by atoms with van der Waals surface area (Å²) in [5, 5.41) is 4.84. The first-order chi connectivity index (χ1) is 11.2. The van der Waals surface area contributed by atoms with Crippen molar-refractivity contribution < 1.29 is 22.4 Å². The predicted molar refractivity (Wildman–Crippen MR) is 84.2 cm³/mol. The van der Waals surface area contributed by atoms with Crippen LogP contribution >= 0.6 is 11.6 Å². The number of primary sulfonamides is 1. The number of benzene rings is 2. The maximum atomic E-state index is 13.4. The zero-order valence-electron chi connectivity index (χ0n) is 11.9. The van der Waals surface area contributed by atoms with Gasteiger partial charge in [-0.25, -0.2) is 17.9 Å². The molecule has 0 saturated heterocycles. The number of carbonyl (C=O) groups is 2. The second-order valence-electron chi connectivity index (χ2n) is 4.58. The molecule has 2 aromatic carbocycles. The summed E-state index contributed by atoms with van der Waals surface area (Å²) < 4.78 is 36.2. The molecule has 0 aliphatic carbocycles. The van der Waals surface area contributed by atoms with E-state index in [0.717, 1.165) is 12.1 Å². The molecule has 0 heterocycles. The number of nitrogens with two attached hydrogens (primary N) is 1. The molecule has 0 atom stereocenters. The lowest BCUT2D eigenvalue weighted by atomic mass is 10.2. The Balaban J connectivity index is 2.14. The van der Waals surface area contributed by atoms with E-state index in [-0.39, 0.29) is 16.1 Å². The minimum Gasteiger partial charge on any atom is -0.267 e. The van der Waals surface area contributed by atoms with Gasteiger partial charge in [0, 0.05) is 5.56 Å². The highest BCUT2D eigenvalue weighted by atomic mass is 35.5. The summed E-state index contributed by atoms with van der Waals surface area (Å²) in [6, 6.07) is 8.57. The topological polar surface area (TPSA) is 118 Å². The zero-order valence-corrected chi connectivity index (χ0v) is 13.5. The van der Waals surface area contributed by atoms with Crippen LogP contribution < -0.4 is 16.0 Å². The highest BCUT2D eigenvalue weighted by Crippen LogP contribution is 2.21. The fraction of sp³-hybridized carbons (Fsp3) is 0. The number of nitrogens with one attached hydrogen (secondary N) is 2. The summed E-state index contributed by atoms with van der Waals surface area (Å²) in [6.07, 6.45) is 0. The summed E-state index contributed by atoms with van der Waals surface area (Å²) >= 11 is 5.71. The van der Waals surface area contributed by atoms with Gasteiger partial charge < -0.3 is 0 Å². The maximum absolute atomic E-state index is 13.4. The number of hydrogen-bond acceptors (Lipinski definition) is 4. The van der Waals surface area contributed by atoms with Crippen LogP contribution in [0.3, 0.4) is 0 Å². The highest BCUT2D eigenvalue weighted by molar-refractivity contribution is 7.89. The summed E-state index contributed by atoms with van der Waals surface area (Å²) in [4.78, 5) is 23.3. The predicted octanol–water partition coefficient (Wildman–Crippen LogP) is 1.20. The summed E-state index contributed by atoms with van der Waals surface area (Å²) in [7, 11) is -4.12. The largest absolute Gasteiger partial charge is 0.272 e. The molecule has 0 aliphatic rings. The molecule has 7 nitrogen and oxygen atoms in total. The van der Waals surface area contributed by atoms with Gasteiger partial charge in [0.2, 0.25) is 10.0 Å². The molecule has 126 valence electrons. The van der Waals surface area contributed by atoms with Crippen molar-refractivity contribution in [2.24, 2.45) is 5.14 Å². The van der Waals surface area contributed by atoms with Gasteiger partial charge in [0.15, 0.2) is 0 Å². The molecule has 0 aromatic heterocycles. The standard InChI is InChI=1S/C14H11ClFN3O4S/c15-10-6-5-8(7-12(10)24(17,22)23)13(20)18-19-14(21)9-3-1-2-4-11(9)16/h1-7H,(H,18,20)(H,19,21)(H2,17,22,23). The Bertz CT molecular complexity index is 918. The van der Waals surface area contributed by atoms with Crippen LogP contribution in [-0.2, 0) is 10.0 Å². The molecule has 0 saturated carbocycles. The van der Waals surface area contributed by atoms with Crippen molar-refractivity contribution in [1.29, 1.82) is 0 Å². The summed E-state index contributed by atoms with van der Waals surface area (Å²) in [5.41, 5.74) is 3.68. The molecule has 0 spiro atoms. The van der Waals surface area contributed by atoms with Crippen molar-refractivity contribution in [3.63, 3.8) is 0 Å². The van der Waals surface area contributed by atoms with Gasteiger partial charge >= 0.3 is 0 Å². The first-order valence-corrected chi connectivity index (χ1v) is 8.30. The normalized spacial score (nSPS) is 11.0. The smallest absolute Gasteiger partial charge is 0.267 e. The van der Waals surface area contributed by atoms with Gasteiger partial charge in [-0.2, -0.15) is 0 Å².